The van der Waals surface area contributed by atoms with Crippen LogP contribution in [0.25, 0.3) is 0 Å². The molecule has 0 unspecified atom stereocenters. The van der Waals surface area contributed by atoms with E-state index in [-0.39, 0.29) is 17.7 Å². The zero-order valence-electron chi connectivity index (χ0n) is 8.89. The van der Waals surface area contributed by atoms with Gasteiger partial charge in [-0.2, -0.15) is 0 Å². The van der Waals surface area contributed by atoms with E-state index >= 15 is 0 Å². The molecule has 4 heteroatoms. The van der Waals surface area contributed by atoms with E-state index < -0.39 is 6.04 Å². The second-order valence-electron chi connectivity index (χ2n) is 3.92. The Morgan fingerprint density at radius 2 is 2.19 bits per heavy atom. The first-order valence-electron chi connectivity index (χ1n) is 5.09. The van der Waals surface area contributed by atoms with Crippen molar-refractivity contribution in [1.82, 2.24) is 0 Å². The van der Waals surface area contributed by atoms with Gasteiger partial charge in [0.25, 0.3) is 0 Å². The van der Waals surface area contributed by atoms with Crippen molar-refractivity contribution in [3.05, 3.63) is 29.8 Å². The number of hydrogen-bond donors (Lipinski definition) is 0. The van der Waals surface area contributed by atoms with Crippen molar-refractivity contribution < 1.29 is 9.59 Å². The number of Topliss-reactive ketones (excluding diaryl/α,β-unsaturated/α-hetero) is 1. The van der Waals surface area contributed by atoms with Crippen LogP contribution in [0.2, 0.25) is 0 Å². The van der Waals surface area contributed by atoms with Gasteiger partial charge in [-0.25, -0.2) is 0 Å². The number of para-hydroxylation sites is 1. The van der Waals surface area contributed by atoms with Gasteiger partial charge in [0.05, 0.1) is 11.9 Å². The van der Waals surface area contributed by atoms with Crippen LogP contribution in [0.4, 0.5) is 5.69 Å². The van der Waals surface area contributed by atoms with Gasteiger partial charge in [0, 0.05) is 5.69 Å². The molecular weight excluding hydrogens is 226 g/mol. The summed E-state index contributed by atoms with van der Waals surface area (Å²) in [5.74, 6) is 0.0208. The van der Waals surface area contributed by atoms with Gasteiger partial charge in [0.2, 0.25) is 0 Å². The van der Waals surface area contributed by atoms with Crippen LogP contribution < -0.4 is 4.90 Å². The lowest BCUT2D eigenvalue weighted by Gasteiger charge is -2.23. The quantitative estimate of drug-likeness (QED) is 0.596. The number of halogens is 1. The van der Waals surface area contributed by atoms with Crippen molar-refractivity contribution in [1.29, 1.82) is 0 Å². The average molecular weight is 238 g/mol. The molecule has 84 valence electrons. The Kier molecular flexibility index (Phi) is 2.97. The van der Waals surface area contributed by atoms with Gasteiger partial charge >= 0.3 is 0 Å². The van der Waals surface area contributed by atoms with Crippen LogP contribution in [0.15, 0.2) is 24.3 Å². The zero-order valence-corrected chi connectivity index (χ0v) is 9.65. The van der Waals surface area contributed by atoms with Crippen LogP contribution in [-0.4, -0.2) is 24.7 Å². The lowest BCUT2D eigenvalue weighted by atomic mass is 10.1. The minimum absolute atomic E-state index is 0.0208. The number of hydrogen-bond acceptors (Lipinski definition) is 3. The summed E-state index contributed by atoms with van der Waals surface area (Å²) in [7, 11) is 0. The summed E-state index contributed by atoms with van der Waals surface area (Å²) in [4.78, 5) is 24.0. The van der Waals surface area contributed by atoms with Gasteiger partial charge in [0.1, 0.15) is 18.1 Å². The molecule has 0 aliphatic carbocycles. The maximum absolute atomic E-state index is 11.2. The van der Waals surface area contributed by atoms with Crippen molar-refractivity contribution in [2.24, 2.45) is 0 Å². The van der Waals surface area contributed by atoms with E-state index in [2.05, 4.69) is 0 Å². The predicted molar refractivity (Wildman–Crippen MR) is 62.9 cm³/mol. The van der Waals surface area contributed by atoms with Crippen LogP contribution in [0.3, 0.4) is 0 Å². The second-order valence-corrected chi connectivity index (χ2v) is 4.39. The topological polar surface area (TPSA) is 37.4 Å². The van der Waals surface area contributed by atoms with Crippen molar-refractivity contribution in [3.63, 3.8) is 0 Å². The number of benzene rings is 1. The highest BCUT2D eigenvalue weighted by atomic mass is 35.5. The molecule has 0 spiro atoms. The van der Waals surface area contributed by atoms with E-state index in [4.69, 9.17) is 11.6 Å². The maximum Gasteiger partial charge on any atom is 0.149 e. The molecule has 0 amide bonds. The number of carbonyl (C=O) groups is 2. The second kappa shape index (κ2) is 4.26. The van der Waals surface area contributed by atoms with Gasteiger partial charge in [-0.15, -0.1) is 11.6 Å². The standard InChI is InChI=1S/C12H12ClNO2/c1-8(16)6-14-10-5-3-2-4-9(10)12(13)11(14)7-15/h2-5,7,11-12H,6H2,1H3/t11-,12-/m1/s1. The number of ketones is 1. The van der Waals surface area contributed by atoms with E-state index in [1.165, 1.54) is 6.92 Å². The Balaban J connectivity index is 2.42. The van der Waals surface area contributed by atoms with Crippen LogP contribution in [-0.2, 0) is 9.59 Å². The number of anilines is 1. The van der Waals surface area contributed by atoms with Crippen LogP contribution in [0, 0.1) is 0 Å². The first-order chi connectivity index (χ1) is 7.65. The molecule has 1 aromatic carbocycles. The summed E-state index contributed by atoms with van der Waals surface area (Å²) in [6.45, 7) is 1.73. The van der Waals surface area contributed by atoms with Crippen molar-refractivity contribution in [3.8, 4) is 0 Å². The summed E-state index contributed by atoms with van der Waals surface area (Å²) in [5.41, 5.74) is 1.80. The zero-order chi connectivity index (χ0) is 11.7. The van der Waals surface area contributed by atoms with Crippen molar-refractivity contribution in [2.75, 3.05) is 11.4 Å². The third-order valence-electron chi connectivity index (χ3n) is 2.74. The smallest absolute Gasteiger partial charge is 0.149 e. The van der Waals surface area contributed by atoms with Gasteiger partial charge < -0.3 is 9.69 Å². The van der Waals surface area contributed by atoms with Gasteiger partial charge in [-0.05, 0) is 18.6 Å². The molecule has 1 aliphatic rings. The molecule has 0 aromatic heterocycles. The Labute approximate surface area is 99.0 Å². The first kappa shape index (κ1) is 11.1. The highest BCUT2D eigenvalue weighted by molar-refractivity contribution is 6.24. The van der Waals surface area contributed by atoms with Crippen LogP contribution >= 0.6 is 11.6 Å². The normalized spacial score (nSPS) is 23.0. The van der Waals surface area contributed by atoms with Crippen LogP contribution in [0.1, 0.15) is 17.9 Å². The Bertz CT molecular complexity index is 433. The summed E-state index contributed by atoms with van der Waals surface area (Å²) in [5, 5.41) is -0.368. The minimum atomic E-state index is -0.442. The fourth-order valence-corrected chi connectivity index (χ4v) is 2.44. The molecular formula is C12H12ClNO2. The lowest BCUT2D eigenvalue weighted by molar-refractivity contribution is -0.115. The lowest BCUT2D eigenvalue weighted by Crippen LogP contribution is -2.37. The molecule has 1 heterocycles. The fraction of sp³-hybridized carbons (Fsp3) is 0.333. The molecule has 0 saturated carbocycles. The number of carbonyl (C=O) groups excluding carboxylic acids is 2. The average Bonchev–Trinajstić information content (AvgIpc) is 2.52. The SMILES string of the molecule is CC(=O)CN1c2ccccc2[C@@H](Cl)[C@H]1C=O. The Hall–Kier alpha value is -1.35. The molecule has 1 aromatic rings. The fourth-order valence-electron chi connectivity index (χ4n) is 2.06. The Morgan fingerprint density at radius 3 is 2.81 bits per heavy atom. The molecule has 2 atom stereocenters. The molecule has 3 nitrogen and oxygen atoms in total. The largest absolute Gasteiger partial charge is 0.352 e. The summed E-state index contributed by atoms with van der Waals surface area (Å²) < 4.78 is 0. The van der Waals surface area contributed by atoms with Gasteiger partial charge in [0.15, 0.2) is 0 Å². The van der Waals surface area contributed by atoms with Crippen molar-refractivity contribution in [2.45, 2.75) is 18.3 Å². The molecule has 0 N–H and O–H groups in total. The molecule has 0 radical (unpaired) electrons. The highest BCUT2D eigenvalue weighted by Crippen LogP contribution is 2.42. The van der Waals surface area contributed by atoms with Gasteiger partial charge in [-0.3, -0.25) is 4.79 Å². The summed E-state index contributed by atoms with van der Waals surface area (Å²) in [6, 6.07) is 7.10. The van der Waals surface area contributed by atoms with Crippen LogP contribution in [0.5, 0.6) is 0 Å². The first-order valence-corrected chi connectivity index (χ1v) is 5.53. The maximum atomic E-state index is 11.2. The number of fused-ring (bicyclic) bond motifs is 1. The highest BCUT2D eigenvalue weighted by Gasteiger charge is 2.37. The molecule has 1 aliphatic heterocycles. The third kappa shape index (κ3) is 1.71. The van der Waals surface area contributed by atoms with E-state index in [0.717, 1.165) is 17.5 Å². The third-order valence-corrected chi connectivity index (χ3v) is 3.23. The molecule has 0 fully saturated rings. The molecule has 0 saturated heterocycles. The minimum Gasteiger partial charge on any atom is -0.352 e. The van der Waals surface area contributed by atoms with E-state index in [1.54, 1.807) is 4.90 Å². The number of aldehydes is 1. The molecule has 2 rings (SSSR count). The summed E-state index contributed by atoms with van der Waals surface area (Å²) >= 11 is 6.20. The predicted octanol–water partition coefficient (Wildman–Crippen LogP) is 1.94. The summed E-state index contributed by atoms with van der Waals surface area (Å²) in [6.07, 6.45) is 0.806. The Morgan fingerprint density at radius 1 is 1.50 bits per heavy atom. The van der Waals surface area contributed by atoms with E-state index in [1.807, 2.05) is 24.3 Å². The van der Waals surface area contributed by atoms with Crippen molar-refractivity contribution >= 4 is 29.4 Å². The van der Waals surface area contributed by atoms with E-state index in [0.29, 0.717) is 0 Å². The molecule has 0 bridgehead atoms. The van der Waals surface area contributed by atoms with E-state index in [9.17, 15) is 9.59 Å². The number of alkyl halides is 1. The number of nitrogens with zero attached hydrogens (tertiary/aromatic N) is 1. The van der Waals surface area contributed by atoms with Gasteiger partial charge in [-0.1, -0.05) is 18.2 Å². The number of rotatable bonds is 3. The monoisotopic (exact) mass is 237 g/mol. The molecule has 16 heavy (non-hydrogen) atoms.